The van der Waals surface area contributed by atoms with E-state index in [1.54, 1.807) is 0 Å². The van der Waals surface area contributed by atoms with Crippen LogP contribution in [0.3, 0.4) is 0 Å². The molecule has 142 valence electrons. The lowest BCUT2D eigenvalue weighted by molar-refractivity contribution is 0.0920. The second-order valence-corrected chi connectivity index (χ2v) is 8.31. The summed E-state index contributed by atoms with van der Waals surface area (Å²) in [6.45, 7) is 5.12. The number of rotatable bonds is 19. The molecule has 0 unspecified atom stereocenters. The maximum Gasteiger partial charge on any atom is 0.0560 e. The molecular weight excluding hydrogens is 312 g/mol. The molecule has 0 aromatic rings. The van der Waals surface area contributed by atoms with E-state index >= 15 is 0 Å². The van der Waals surface area contributed by atoms with Gasteiger partial charge in [0.05, 0.1) is 12.7 Å². The summed E-state index contributed by atoms with van der Waals surface area (Å²) >= 11 is 2.05. The molecule has 0 radical (unpaired) electrons. The van der Waals surface area contributed by atoms with Crippen LogP contribution in [0.25, 0.3) is 0 Å². The number of hydrogen-bond acceptors (Lipinski definition) is 2. The van der Waals surface area contributed by atoms with Crippen LogP contribution < -0.4 is 0 Å². The zero-order valence-electron chi connectivity index (χ0n) is 16.5. The van der Waals surface area contributed by atoms with Crippen molar-refractivity contribution in [1.82, 2.24) is 0 Å². The van der Waals surface area contributed by atoms with Crippen LogP contribution >= 0.6 is 11.8 Å². The smallest absolute Gasteiger partial charge is 0.0560 e. The van der Waals surface area contributed by atoms with Crippen molar-refractivity contribution in [1.29, 1.82) is 0 Å². The molecule has 0 saturated heterocycles. The van der Waals surface area contributed by atoms with Crippen LogP contribution in [-0.2, 0) is 4.74 Å². The van der Waals surface area contributed by atoms with Gasteiger partial charge < -0.3 is 4.74 Å². The van der Waals surface area contributed by atoms with E-state index in [-0.39, 0.29) is 0 Å². The summed E-state index contributed by atoms with van der Waals surface area (Å²) in [5.74, 6) is 5.18. The van der Waals surface area contributed by atoms with Gasteiger partial charge in [0.25, 0.3) is 0 Å². The highest BCUT2D eigenvalue weighted by atomic mass is 32.2. The number of hydrogen-bond donors (Lipinski definition) is 0. The molecule has 0 aliphatic rings. The van der Waals surface area contributed by atoms with E-state index in [4.69, 9.17) is 11.2 Å². The average molecular weight is 355 g/mol. The third kappa shape index (κ3) is 21.9. The number of terminal acetylenes is 1. The lowest BCUT2D eigenvalue weighted by atomic mass is 10.0. The Bertz CT molecular complexity index is 270. The molecule has 0 amide bonds. The summed E-state index contributed by atoms with van der Waals surface area (Å²) in [5, 5.41) is 0. The Hall–Kier alpha value is -0.130. The first kappa shape index (κ1) is 23.9. The first-order chi connectivity index (χ1) is 11.8. The monoisotopic (exact) mass is 354 g/mol. The largest absolute Gasteiger partial charge is 0.378 e. The molecule has 0 rings (SSSR count). The highest BCUT2D eigenvalue weighted by molar-refractivity contribution is 7.99. The molecular formula is C22H42OS. The highest BCUT2D eigenvalue weighted by Gasteiger charge is 1.96. The van der Waals surface area contributed by atoms with Crippen LogP contribution in [-0.4, -0.2) is 24.2 Å². The standard InChI is InChI=1S/C22H42OS/c1-4-5-6-7-8-9-10-11-12-13-14-15-16-17-18-20-24-21-19-23-22(2)3/h1,22H,5-21H2,2-3H3. The van der Waals surface area contributed by atoms with Crippen LogP contribution in [0, 0.1) is 12.3 Å². The molecule has 0 bridgehead atoms. The summed E-state index contributed by atoms with van der Waals surface area (Å²) in [6, 6.07) is 0. The van der Waals surface area contributed by atoms with Gasteiger partial charge in [-0.05, 0) is 32.4 Å². The van der Waals surface area contributed by atoms with Gasteiger partial charge in [0, 0.05) is 12.2 Å². The van der Waals surface area contributed by atoms with Gasteiger partial charge in [-0.2, -0.15) is 11.8 Å². The predicted molar refractivity (Wildman–Crippen MR) is 112 cm³/mol. The first-order valence-corrected chi connectivity index (χ1v) is 11.6. The molecule has 0 heterocycles. The second-order valence-electron chi connectivity index (χ2n) is 7.08. The SMILES string of the molecule is C#CCCCCCCCCCCCCCCCSCCOC(C)C. The van der Waals surface area contributed by atoms with Gasteiger partial charge in [0.15, 0.2) is 0 Å². The van der Waals surface area contributed by atoms with Gasteiger partial charge in [-0.25, -0.2) is 0 Å². The molecule has 0 atom stereocenters. The molecule has 0 aliphatic heterocycles. The van der Waals surface area contributed by atoms with Crippen LogP contribution in [0.4, 0.5) is 0 Å². The van der Waals surface area contributed by atoms with Crippen molar-refractivity contribution in [3.63, 3.8) is 0 Å². The first-order valence-electron chi connectivity index (χ1n) is 10.4. The van der Waals surface area contributed by atoms with Crippen LogP contribution in [0.1, 0.15) is 104 Å². The minimum Gasteiger partial charge on any atom is -0.378 e. The fraction of sp³-hybridized carbons (Fsp3) is 0.909. The van der Waals surface area contributed by atoms with Crippen LogP contribution in [0.5, 0.6) is 0 Å². The third-order valence-electron chi connectivity index (χ3n) is 4.29. The summed E-state index contributed by atoms with van der Waals surface area (Å²) in [7, 11) is 0. The summed E-state index contributed by atoms with van der Waals surface area (Å²) < 4.78 is 5.54. The van der Waals surface area contributed by atoms with E-state index in [2.05, 4.69) is 19.8 Å². The van der Waals surface area contributed by atoms with Crippen molar-refractivity contribution in [2.24, 2.45) is 0 Å². The van der Waals surface area contributed by atoms with Crippen molar-refractivity contribution in [2.45, 2.75) is 110 Å². The molecule has 24 heavy (non-hydrogen) atoms. The minimum absolute atomic E-state index is 0.379. The van der Waals surface area contributed by atoms with E-state index in [1.165, 1.54) is 89.2 Å². The Labute approximate surface area is 157 Å². The van der Waals surface area contributed by atoms with Crippen molar-refractivity contribution in [3.05, 3.63) is 0 Å². The Balaban J connectivity index is 2.97. The summed E-state index contributed by atoms with van der Waals surface area (Å²) in [5.41, 5.74) is 0. The van der Waals surface area contributed by atoms with Crippen LogP contribution in [0.15, 0.2) is 0 Å². The van der Waals surface area contributed by atoms with Gasteiger partial charge in [-0.3, -0.25) is 0 Å². The third-order valence-corrected chi connectivity index (χ3v) is 5.32. The van der Waals surface area contributed by atoms with Crippen molar-refractivity contribution >= 4 is 11.8 Å². The zero-order valence-corrected chi connectivity index (χ0v) is 17.3. The van der Waals surface area contributed by atoms with Gasteiger partial charge in [0.2, 0.25) is 0 Å². The van der Waals surface area contributed by atoms with E-state index in [0.29, 0.717) is 6.10 Å². The quantitative estimate of drug-likeness (QED) is 0.178. The van der Waals surface area contributed by atoms with Crippen molar-refractivity contribution < 1.29 is 4.74 Å². The number of ether oxygens (including phenoxy) is 1. The maximum atomic E-state index is 5.54. The lowest BCUT2D eigenvalue weighted by Gasteiger charge is -2.06. The Morgan fingerprint density at radius 3 is 1.62 bits per heavy atom. The van der Waals surface area contributed by atoms with Gasteiger partial charge in [-0.15, -0.1) is 12.3 Å². The Morgan fingerprint density at radius 2 is 1.17 bits per heavy atom. The molecule has 0 saturated carbocycles. The average Bonchev–Trinajstić information content (AvgIpc) is 2.56. The molecule has 2 heteroatoms. The van der Waals surface area contributed by atoms with E-state index in [0.717, 1.165) is 18.8 Å². The van der Waals surface area contributed by atoms with E-state index in [9.17, 15) is 0 Å². The van der Waals surface area contributed by atoms with Crippen molar-refractivity contribution in [3.8, 4) is 12.3 Å². The lowest BCUT2D eigenvalue weighted by Crippen LogP contribution is -2.05. The molecule has 0 aliphatic carbocycles. The molecule has 0 aromatic carbocycles. The van der Waals surface area contributed by atoms with Crippen molar-refractivity contribution in [2.75, 3.05) is 18.1 Å². The number of thioether (sulfide) groups is 1. The predicted octanol–water partition coefficient (Wildman–Crippen LogP) is 7.24. The zero-order chi connectivity index (χ0) is 17.7. The highest BCUT2D eigenvalue weighted by Crippen LogP contribution is 2.14. The van der Waals surface area contributed by atoms with Crippen LogP contribution in [0.2, 0.25) is 0 Å². The molecule has 0 fully saturated rings. The molecule has 0 N–H and O–H groups in total. The summed E-state index contributed by atoms with van der Waals surface area (Å²) in [4.78, 5) is 0. The second kappa shape index (κ2) is 20.9. The topological polar surface area (TPSA) is 9.23 Å². The van der Waals surface area contributed by atoms with E-state index < -0.39 is 0 Å². The normalized spacial score (nSPS) is 11.1. The fourth-order valence-electron chi connectivity index (χ4n) is 2.82. The Kier molecular flexibility index (Phi) is 20.8. The maximum absolute atomic E-state index is 5.54. The molecule has 1 nitrogen and oxygen atoms in total. The van der Waals surface area contributed by atoms with E-state index in [1.807, 2.05) is 11.8 Å². The van der Waals surface area contributed by atoms with Gasteiger partial charge in [-0.1, -0.05) is 70.6 Å². The molecule has 0 aromatic heterocycles. The molecule has 0 spiro atoms. The van der Waals surface area contributed by atoms with Gasteiger partial charge >= 0.3 is 0 Å². The minimum atomic E-state index is 0.379. The fourth-order valence-corrected chi connectivity index (χ4v) is 3.65. The summed E-state index contributed by atoms with van der Waals surface area (Å²) in [6.07, 6.45) is 24.8. The number of unbranched alkanes of at least 4 members (excludes halogenated alkanes) is 13. The van der Waals surface area contributed by atoms with Gasteiger partial charge in [0.1, 0.15) is 0 Å². The Morgan fingerprint density at radius 1 is 0.708 bits per heavy atom.